The van der Waals surface area contributed by atoms with Crippen LogP contribution in [-0.2, 0) is 0 Å². The van der Waals surface area contributed by atoms with Gasteiger partial charge in [0.15, 0.2) is 11.5 Å². The first kappa shape index (κ1) is 13.8. The molecule has 5 heteroatoms. The van der Waals surface area contributed by atoms with Gasteiger partial charge in [0.2, 0.25) is 0 Å². The van der Waals surface area contributed by atoms with Crippen LogP contribution >= 0.6 is 0 Å². The van der Waals surface area contributed by atoms with Gasteiger partial charge in [-0.05, 0) is 48.5 Å². The van der Waals surface area contributed by atoms with Crippen LogP contribution in [0.3, 0.4) is 0 Å². The number of hydrogen-bond acceptors (Lipinski definition) is 4. The molecule has 0 unspecified atom stereocenters. The van der Waals surface area contributed by atoms with Gasteiger partial charge in [0.05, 0.1) is 6.26 Å². The van der Waals surface area contributed by atoms with E-state index < -0.39 is 0 Å². The number of hydrogen-bond donors (Lipinski definition) is 1. The lowest BCUT2D eigenvalue weighted by Crippen LogP contribution is -2.11. The van der Waals surface area contributed by atoms with Crippen LogP contribution in [0.15, 0.2) is 71.6 Å². The summed E-state index contributed by atoms with van der Waals surface area (Å²) >= 11 is 0. The molecule has 1 amide bonds. The summed E-state index contributed by atoms with van der Waals surface area (Å²) in [7, 11) is 0. The van der Waals surface area contributed by atoms with Crippen LogP contribution in [-0.4, -0.2) is 16.7 Å². The average Bonchev–Trinajstić information content (AvgIpc) is 3.10. The Morgan fingerprint density at radius 1 is 0.909 bits per heavy atom. The minimum absolute atomic E-state index is 0.0914. The summed E-state index contributed by atoms with van der Waals surface area (Å²) in [4.78, 5) is 28.0. The summed E-state index contributed by atoms with van der Waals surface area (Å²) in [5, 5.41) is 2.70. The maximum Gasteiger partial charge on any atom is 0.291 e. The van der Waals surface area contributed by atoms with Crippen LogP contribution in [0.4, 0.5) is 5.69 Å². The molecule has 0 spiro atoms. The Morgan fingerprint density at radius 2 is 1.59 bits per heavy atom. The van der Waals surface area contributed by atoms with Gasteiger partial charge in [0.25, 0.3) is 5.91 Å². The number of carbonyl (C=O) groups is 2. The fourth-order valence-corrected chi connectivity index (χ4v) is 1.98. The van der Waals surface area contributed by atoms with Crippen molar-refractivity contribution in [2.24, 2.45) is 0 Å². The first-order chi connectivity index (χ1) is 10.7. The fraction of sp³-hybridized carbons (Fsp3) is 0. The van der Waals surface area contributed by atoms with Crippen LogP contribution in [0.1, 0.15) is 26.5 Å². The van der Waals surface area contributed by atoms with Gasteiger partial charge >= 0.3 is 0 Å². The van der Waals surface area contributed by atoms with Crippen molar-refractivity contribution in [1.29, 1.82) is 0 Å². The number of aromatic nitrogens is 1. The highest BCUT2D eigenvalue weighted by molar-refractivity contribution is 6.09. The number of nitrogens with zero attached hydrogens (tertiary/aromatic N) is 1. The predicted molar refractivity (Wildman–Crippen MR) is 80.8 cm³/mol. The van der Waals surface area contributed by atoms with E-state index in [9.17, 15) is 9.59 Å². The zero-order chi connectivity index (χ0) is 15.4. The van der Waals surface area contributed by atoms with Crippen LogP contribution < -0.4 is 5.32 Å². The van der Waals surface area contributed by atoms with E-state index in [0.717, 1.165) is 0 Å². The molecule has 0 radical (unpaired) electrons. The zero-order valence-corrected chi connectivity index (χ0v) is 11.5. The molecule has 5 nitrogen and oxygen atoms in total. The molecule has 0 aliphatic rings. The van der Waals surface area contributed by atoms with E-state index in [-0.39, 0.29) is 17.5 Å². The summed E-state index contributed by atoms with van der Waals surface area (Å²) in [6.45, 7) is 0. The van der Waals surface area contributed by atoms with Gasteiger partial charge in [-0.2, -0.15) is 0 Å². The Labute approximate surface area is 126 Å². The zero-order valence-electron chi connectivity index (χ0n) is 11.5. The van der Waals surface area contributed by atoms with Crippen molar-refractivity contribution in [3.63, 3.8) is 0 Å². The van der Waals surface area contributed by atoms with Crippen molar-refractivity contribution < 1.29 is 14.0 Å². The summed E-state index contributed by atoms with van der Waals surface area (Å²) in [6, 6.07) is 13.2. The molecule has 3 aromatic rings. The lowest BCUT2D eigenvalue weighted by atomic mass is 10.0. The van der Waals surface area contributed by atoms with Gasteiger partial charge in [-0.25, -0.2) is 0 Å². The fourth-order valence-electron chi connectivity index (χ4n) is 1.98. The van der Waals surface area contributed by atoms with E-state index in [1.165, 1.54) is 6.26 Å². The quantitative estimate of drug-likeness (QED) is 0.750. The summed E-state index contributed by atoms with van der Waals surface area (Å²) in [5.41, 5.74) is 1.71. The molecule has 2 heterocycles. The summed E-state index contributed by atoms with van der Waals surface area (Å²) in [6.07, 6.45) is 4.59. The smallest absolute Gasteiger partial charge is 0.291 e. The second-order valence-corrected chi connectivity index (χ2v) is 4.57. The van der Waals surface area contributed by atoms with Gasteiger partial charge in [-0.1, -0.05) is 0 Å². The third kappa shape index (κ3) is 2.93. The molecular formula is C17H12N2O3. The van der Waals surface area contributed by atoms with Crippen LogP contribution in [0.25, 0.3) is 0 Å². The second-order valence-electron chi connectivity index (χ2n) is 4.57. The number of amides is 1. The number of pyridine rings is 1. The number of nitrogens with one attached hydrogen (secondary N) is 1. The Balaban J connectivity index is 1.73. The maximum absolute atomic E-state index is 12.2. The molecule has 1 N–H and O–H groups in total. The molecule has 0 aliphatic carbocycles. The molecule has 2 aromatic heterocycles. The van der Waals surface area contributed by atoms with Crippen molar-refractivity contribution in [1.82, 2.24) is 4.98 Å². The summed E-state index contributed by atoms with van der Waals surface area (Å²) in [5.74, 6) is -0.193. The minimum Gasteiger partial charge on any atom is -0.459 e. The molecular weight excluding hydrogens is 280 g/mol. The van der Waals surface area contributed by atoms with E-state index in [0.29, 0.717) is 16.8 Å². The second kappa shape index (κ2) is 6.05. The molecule has 0 fully saturated rings. The third-order valence-corrected chi connectivity index (χ3v) is 3.09. The van der Waals surface area contributed by atoms with E-state index in [2.05, 4.69) is 10.3 Å². The Hall–Kier alpha value is -3.21. The minimum atomic E-state index is -0.335. The number of carbonyl (C=O) groups excluding carboxylic acids is 2. The normalized spacial score (nSPS) is 10.2. The molecule has 108 valence electrons. The number of rotatable bonds is 4. The Bertz CT molecular complexity index is 779. The first-order valence-electron chi connectivity index (χ1n) is 6.64. The highest BCUT2D eigenvalue weighted by atomic mass is 16.3. The number of benzene rings is 1. The highest BCUT2D eigenvalue weighted by Gasteiger charge is 2.11. The van der Waals surface area contributed by atoms with Gasteiger partial charge in [0.1, 0.15) is 0 Å². The van der Waals surface area contributed by atoms with Crippen molar-refractivity contribution in [3.8, 4) is 0 Å². The lowest BCUT2D eigenvalue weighted by molar-refractivity contribution is 0.0995. The largest absolute Gasteiger partial charge is 0.459 e. The van der Waals surface area contributed by atoms with Crippen LogP contribution in [0.2, 0.25) is 0 Å². The van der Waals surface area contributed by atoms with Gasteiger partial charge in [-0.3, -0.25) is 14.6 Å². The van der Waals surface area contributed by atoms with Crippen LogP contribution in [0, 0.1) is 0 Å². The lowest BCUT2D eigenvalue weighted by Gasteiger charge is -2.05. The van der Waals surface area contributed by atoms with E-state index >= 15 is 0 Å². The predicted octanol–water partition coefficient (Wildman–Crippen LogP) is 3.16. The van der Waals surface area contributed by atoms with E-state index in [4.69, 9.17) is 4.42 Å². The van der Waals surface area contributed by atoms with Gasteiger partial charge in [-0.15, -0.1) is 0 Å². The van der Waals surface area contributed by atoms with E-state index in [1.54, 1.807) is 60.9 Å². The molecule has 3 rings (SSSR count). The molecule has 0 saturated heterocycles. The molecule has 0 atom stereocenters. The SMILES string of the molecule is O=C(c1ccncc1)c1ccc(NC(=O)c2ccco2)cc1. The summed E-state index contributed by atoms with van der Waals surface area (Å²) < 4.78 is 5.02. The molecule has 1 aromatic carbocycles. The topological polar surface area (TPSA) is 72.2 Å². The number of furan rings is 1. The van der Waals surface area contributed by atoms with Gasteiger partial charge in [0, 0.05) is 29.2 Å². The molecule has 0 saturated carbocycles. The Morgan fingerprint density at radius 3 is 2.23 bits per heavy atom. The van der Waals surface area contributed by atoms with Crippen molar-refractivity contribution in [2.45, 2.75) is 0 Å². The Kier molecular flexibility index (Phi) is 3.78. The maximum atomic E-state index is 12.2. The van der Waals surface area contributed by atoms with Crippen LogP contribution in [0.5, 0.6) is 0 Å². The van der Waals surface area contributed by atoms with E-state index in [1.807, 2.05) is 0 Å². The van der Waals surface area contributed by atoms with Gasteiger partial charge < -0.3 is 9.73 Å². The highest BCUT2D eigenvalue weighted by Crippen LogP contribution is 2.14. The third-order valence-electron chi connectivity index (χ3n) is 3.09. The first-order valence-corrected chi connectivity index (χ1v) is 6.64. The molecule has 22 heavy (non-hydrogen) atoms. The van der Waals surface area contributed by atoms with Crippen molar-refractivity contribution in [3.05, 3.63) is 84.1 Å². The number of ketones is 1. The standard InChI is InChI=1S/C17H12N2O3/c20-16(13-7-9-18-10-8-13)12-3-5-14(6-4-12)19-17(21)15-2-1-11-22-15/h1-11H,(H,19,21). The molecule has 0 bridgehead atoms. The average molecular weight is 292 g/mol. The van der Waals surface area contributed by atoms with Crippen molar-refractivity contribution in [2.75, 3.05) is 5.32 Å². The monoisotopic (exact) mass is 292 g/mol. The number of anilines is 1. The van der Waals surface area contributed by atoms with Crippen molar-refractivity contribution >= 4 is 17.4 Å². The molecule has 0 aliphatic heterocycles.